The van der Waals surface area contributed by atoms with Crippen LogP contribution in [-0.4, -0.2) is 44.4 Å². The fourth-order valence-corrected chi connectivity index (χ4v) is 4.48. The molecule has 0 unspecified atom stereocenters. The number of anilines is 2. The molecule has 1 amide bonds. The summed E-state index contributed by atoms with van der Waals surface area (Å²) in [5, 5.41) is 3.88. The zero-order chi connectivity index (χ0) is 27.6. The molecule has 0 saturated carbocycles. The average Bonchev–Trinajstić information content (AvgIpc) is 3.58. The van der Waals surface area contributed by atoms with Crippen LogP contribution in [0.25, 0.3) is 22.2 Å². The minimum Gasteiger partial charge on any atom is -0.382 e. The molecule has 0 aromatic carbocycles. The molecule has 6 aromatic heterocycles. The minimum atomic E-state index is -4.54. The largest absolute Gasteiger partial charge is 0.417 e. The van der Waals surface area contributed by atoms with E-state index >= 15 is 0 Å². The first-order valence-electron chi connectivity index (χ1n) is 11.4. The second kappa shape index (κ2) is 8.47. The van der Waals surface area contributed by atoms with E-state index in [0.29, 0.717) is 22.4 Å². The Morgan fingerprint density at radius 3 is 2.59 bits per heavy atom. The molecule has 11 nitrogen and oxygen atoms in total. The number of aryl methyl sites for hydroxylation is 2. The molecule has 6 heterocycles. The molecule has 39 heavy (non-hydrogen) atoms. The second-order valence-corrected chi connectivity index (χ2v) is 8.83. The number of hydrogen-bond donors (Lipinski definition) is 1. The third kappa shape index (κ3) is 3.98. The van der Waals surface area contributed by atoms with E-state index in [9.17, 15) is 22.4 Å². The van der Waals surface area contributed by atoms with Gasteiger partial charge in [-0.05, 0) is 25.1 Å². The third-order valence-corrected chi connectivity index (χ3v) is 6.28. The summed E-state index contributed by atoms with van der Waals surface area (Å²) in [5.41, 5.74) is 7.02. The summed E-state index contributed by atoms with van der Waals surface area (Å²) in [6.07, 6.45) is 1.58. The molecule has 15 heteroatoms. The Hall–Kier alpha value is -5.08. The zero-order valence-corrected chi connectivity index (χ0v) is 20.3. The maximum atomic E-state index is 14.9. The summed E-state index contributed by atoms with van der Waals surface area (Å²) >= 11 is 0. The van der Waals surface area contributed by atoms with Crippen molar-refractivity contribution in [2.24, 2.45) is 7.05 Å². The van der Waals surface area contributed by atoms with Gasteiger partial charge in [-0.15, -0.1) is 0 Å². The minimum absolute atomic E-state index is 0.0489. The fourth-order valence-electron chi connectivity index (χ4n) is 4.48. The highest BCUT2D eigenvalue weighted by molar-refractivity contribution is 6.05. The van der Waals surface area contributed by atoms with E-state index in [1.807, 2.05) is 0 Å². The highest BCUT2D eigenvalue weighted by atomic mass is 19.4. The molecule has 198 valence electrons. The van der Waals surface area contributed by atoms with Crippen molar-refractivity contribution in [3.05, 3.63) is 77.8 Å². The van der Waals surface area contributed by atoms with Gasteiger partial charge in [-0.25, -0.2) is 29.0 Å². The number of halogens is 4. The molecular weight excluding hydrogens is 520 g/mol. The lowest BCUT2D eigenvalue weighted by Crippen LogP contribution is -2.33. The first kappa shape index (κ1) is 24.3. The number of imidazole rings is 2. The predicted octanol–water partition coefficient (Wildman–Crippen LogP) is 3.55. The van der Waals surface area contributed by atoms with Gasteiger partial charge < -0.3 is 10.1 Å². The number of amides is 1. The summed E-state index contributed by atoms with van der Waals surface area (Å²) < 4.78 is 58.5. The Morgan fingerprint density at radius 2 is 1.87 bits per heavy atom. The molecule has 0 fully saturated rings. The number of hydrogen-bond acceptors (Lipinski definition) is 7. The van der Waals surface area contributed by atoms with Crippen LogP contribution in [0.15, 0.2) is 49.2 Å². The number of nitrogens with two attached hydrogens (primary N) is 1. The smallest absolute Gasteiger partial charge is 0.382 e. The van der Waals surface area contributed by atoms with Crippen molar-refractivity contribution in [3.8, 4) is 0 Å². The van der Waals surface area contributed by atoms with Crippen LogP contribution in [0.1, 0.15) is 27.6 Å². The zero-order valence-electron chi connectivity index (χ0n) is 20.3. The van der Waals surface area contributed by atoms with Crippen LogP contribution in [0.5, 0.6) is 0 Å². The Balaban J connectivity index is 1.45. The first-order valence-corrected chi connectivity index (χ1v) is 11.4. The molecule has 6 aromatic rings. The maximum Gasteiger partial charge on any atom is 0.417 e. The SMILES string of the molecule is Cc1ncc2c(N)nc3cnc(C(=O)N(Cc4cn5cc(C(F)(F)F)ccc5n4)c4c(F)cnn4C)cc3n12. The Bertz CT molecular complexity index is 1900. The van der Waals surface area contributed by atoms with Gasteiger partial charge in [-0.2, -0.15) is 18.3 Å². The lowest BCUT2D eigenvalue weighted by atomic mass is 10.2. The number of aromatic nitrogens is 8. The van der Waals surface area contributed by atoms with E-state index in [1.165, 1.54) is 40.7 Å². The van der Waals surface area contributed by atoms with E-state index < -0.39 is 23.5 Å². The number of nitrogen functional groups attached to an aromatic ring is 1. The van der Waals surface area contributed by atoms with E-state index in [2.05, 4.69) is 25.0 Å². The molecule has 0 spiro atoms. The molecular formula is C24H18F4N10O. The van der Waals surface area contributed by atoms with Crippen LogP contribution in [0, 0.1) is 12.7 Å². The van der Waals surface area contributed by atoms with Gasteiger partial charge in [0.25, 0.3) is 5.91 Å². The maximum absolute atomic E-state index is 14.9. The third-order valence-electron chi connectivity index (χ3n) is 6.28. The summed E-state index contributed by atoms with van der Waals surface area (Å²) in [7, 11) is 1.46. The molecule has 0 aliphatic rings. The number of nitrogens with zero attached hydrogens (tertiary/aromatic N) is 9. The average molecular weight is 538 g/mol. The molecule has 0 aliphatic heterocycles. The van der Waals surface area contributed by atoms with Gasteiger partial charge in [-0.1, -0.05) is 0 Å². The van der Waals surface area contributed by atoms with Gasteiger partial charge in [0.1, 0.15) is 34.0 Å². The fraction of sp³-hybridized carbons (Fsp3) is 0.167. The van der Waals surface area contributed by atoms with Crippen molar-refractivity contribution < 1.29 is 22.4 Å². The molecule has 0 aliphatic carbocycles. The highest BCUT2D eigenvalue weighted by Crippen LogP contribution is 2.30. The number of rotatable bonds is 4. The lowest BCUT2D eigenvalue weighted by Gasteiger charge is -2.21. The van der Waals surface area contributed by atoms with Gasteiger partial charge in [0.2, 0.25) is 0 Å². The highest BCUT2D eigenvalue weighted by Gasteiger charge is 2.31. The quantitative estimate of drug-likeness (QED) is 0.341. The first-order chi connectivity index (χ1) is 18.5. The van der Waals surface area contributed by atoms with Crippen LogP contribution in [0.3, 0.4) is 0 Å². The normalized spacial score (nSPS) is 12.2. The van der Waals surface area contributed by atoms with Crippen LogP contribution in [-0.2, 0) is 19.8 Å². The van der Waals surface area contributed by atoms with Gasteiger partial charge >= 0.3 is 6.18 Å². The predicted molar refractivity (Wildman–Crippen MR) is 131 cm³/mol. The molecule has 0 bridgehead atoms. The second-order valence-electron chi connectivity index (χ2n) is 8.83. The van der Waals surface area contributed by atoms with Gasteiger partial charge in [0.05, 0.1) is 41.9 Å². The molecule has 0 saturated heterocycles. The standard InChI is InChI=1S/C24H18F4N10O/c1-12-30-8-19-21(29)34-17-7-31-16(5-18(17)38(12)19)23(39)37(22-15(25)6-32-35(22)2)11-14-10-36-9-13(24(26,27)28)3-4-20(36)33-14/h3-10H,11H2,1-2H3,(H2,29,34). The van der Waals surface area contributed by atoms with Crippen molar-refractivity contribution in [1.29, 1.82) is 0 Å². The molecule has 0 atom stereocenters. The van der Waals surface area contributed by atoms with Crippen molar-refractivity contribution >= 4 is 39.7 Å². The number of carbonyl (C=O) groups excluding carboxylic acids is 1. The van der Waals surface area contributed by atoms with Crippen LogP contribution >= 0.6 is 0 Å². The van der Waals surface area contributed by atoms with Gasteiger partial charge in [0, 0.05) is 19.4 Å². The van der Waals surface area contributed by atoms with Gasteiger partial charge in [0.15, 0.2) is 11.6 Å². The van der Waals surface area contributed by atoms with Gasteiger partial charge in [-0.3, -0.25) is 14.1 Å². The van der Waals surface area contributed by atoms with Crippen LogP contribution < -0.4 is 10.6 Å². The number of alkyl halides is 3. The Morgan fingerprint density at radius 1 is 1.08 bits per heavy atom. The summed E-state index contributed by atoms with van der Waals surface area (Å²) in [6, 6.07) is 3.62. The lowest BCUT2D eigenvalue weighted by molar-refractivity contribution is -0.137. The number of fused-ring (bicyclic) bond motifs is 4. The monoisotopic (exact) mass is 538 g/mol. The Kier molecular flexibility index (Phi) is 5.27. The summed E-state index contributed by atoms with van der Waals surface area (Å²) in [6.45, 7) is 1.48. The van der Waals surface area contributed by atoms with Crippen LogP contribution in [0.2, 0.25) is 0 Å². The Labute approximate surface area is 216 Å². The summed E-state index contributed by atoms with van der Waals surface area (Å²) in [4.78, 5) is 32.0. The number of carbonyl (C=O) groups is 1. The van der Waals surface area contributed by atoms with Crippen molar-refractivity contribution in [3.63, 3.8) is 0 Å². The van der Waals surface area contributed by atoms with E-state index in [-0.39, 0.29) is 35.2 Å². The molecule has 6 rings (SSSR count). The van der Waals surface area contributed by atoms with Crippen molar-refractivity contribution in [2.45, 2.75) is 19.6 Å². The summed E-state index contributed by atoms with van der Waals surface area (Å²) in [5.74, 6) is -0.809. The molecule has 2 N–H and O–H groups in total. The van der Waals surface area contributed by atoms with E-state index in [0.717, 1.165) is 23.4 Å². The van der Waals surface area contributed by atoms with Crippen molar-refractivity contribution in [2.75, 3.05) is 10.6 Å². The number of pyridine rings is 2. The van der Waals surface area contributed by atoms with E-state index in [4.69, 9.17) is 5.73 Å². The molecule has 0 radical (unpaired) electrons. The van der Waals surface area contributed by atoms with Crippen molar-refractivity contribution in [1.82, 2.24) is 38.5 Å². The van der Waals surface area contributed by atoms with E-state index in [1.54, 1.807) is 17.5 Å². The topological polar surface area (TPSA) is 125 Å². The van der Waals surface area contributed by atoms with Crippen LogP contribution in [0.4, 0.5) is 29.2 Å².